The van der Waals surface area contributed by atoms with Crippen molar-refractivity contribution >= 4 is 5.57 Å². The van der Waals surface area contributed by atoms with Crippen molar-refractivity contribution in [3.8, 4) is 0 Å². The summed E-state index contributed by atoms with van der Waals surface area (Å²) in [5.74, 6) is 0. The fourth-order valence-corrected chi connectivity index (χ4v) is 2.57. The van der Waals surface area contributed by atoms with Crippen LogP contribution in [0.4, 0.5) is 0 Å². The van der Waals surface area contributed by atoms with E-state index in [2.05, 4.69) is 74.7 Å². The van der Waals surface area contributed by atoms with Gasteiger partial charge in [0.25, 0.3) is 0 Å². The van der Waals surface area contributed by atoms with Crippen molar-refractivity contribution < 1.29 is 0 Å². The maximum atomic E-state index is 4.12. The molecule has 1 aliphatic carbocycles. The standard InChI is InChI=1S/C21H20/c1-16(2)21(3)15-19(21)14-20(17-10-6-4-7-11-17)18-12-8-5-9-13-18/h4-13H,1,15H2,2-3H3. The van der Waals surface area contributed by atoms with Crippen LogP contribution in [-0.2, 0) is 0 Å². The zero-order chi connectivity index (χ0) is 14.9. The molecule has 0 heteroatoms. The molecule has 0 bridgehead atoms. The Morgan fingerprint density at radius 1 is 0.952 bits per heavy atom. The Morgan fingerprint density at radius 3 is 1.81 bits per heavy atom. The molecule has 1 saturated carbocycles. The second-order valence-corrected chi connectivity index (χ2v) is 6.00. The van der Waals surface area contributed by atoms with E-state index in [1.165, 1.54) is 27.8 Å². The van der Waals surface area contributed by atoms with Gasteiger partial charge in [0.05, 0.1) is 0 Å². The van der Waals surface area contributed by atoms with Gasteiger partial charge in [-0.25, -0.2) is 0 Å². The van der Waals surface area contributed by atoms with Gasteiger partial charge in [-0.3, -0.25) is 0 Å². The van der Waals surface area contributed by atoms with Crippen LogP contribution in [-0.4, -0.2) is 0 Å². The maximum Gasteiger partial charge on any atom is 0.0309 e. The van der Waals surface area contributed by atoms with E-state index in [-0.39, 0.29) is 5.41 Å². The molecule has 0 radical (unpaired) electrons. The van der Waals surface area contributed by atoms with Gasteiger partial charge in [-0.2, -0.15) is 0 Å². The molecule has 0 heterocycles. The molecule has 0 N–H and O–H groups in total. The third-order valence-electron chi connectivity index (χ3n) is 4.41. The lowest BCUT2D eigenvalue weighted by molar-refractivity contribution is 0.726. The fraction of sp³-hybridized carbons (Fsp3) is 0.190. The van der Waals surface area contributed by atoms with Crippen LogP contribution in [0.1, 0.15) is 31.4 Å². The first-order chi connectivity index (χ1) is 10.1. The van der Waals surface area contributed by atoms with Crippen molar-refractivity contribution in [3.63, 3.8) is 0 Å². The van der Waals surface area contributed by atoms with Gasteiger partial charge in [0.15, 0.2) is 0 Å². The van der Waals surface area contributed by atoms with Crippen LogP contribution in [0.2, 0.25) is 0 Å². The summed E-state index contributed by atoms with van der Waals surface area (Å²) in [4.78, 5) is 0. The maximum absolute atomic E-state index is 4.12. The Kier molecular flexibility index (Phi) is 3.41. The summed E-state index contributed by atoms with van der Waals surface area (Å²) < 4.78 is 0. The third-order valence-corrected chi connectivity index (χ3v) is 4.41. The minimum atomic E-state index is 0.148. The molecule has 1 fully saturated rings. The molecule has 2 aromatic carbocycles. The summed E-state index contributed by atoms with van der Waals surface area (Å²) in [5.41, 5.74) is 10.0. The van der Waals surface area contributed by atoms with Crippen LogP contribution in [0.3, 0.4) is 0 Å². The van der Waals surface area contributed by atoms with Crippen LogP contribution in [0, 0.1) is 5.41 Å². The Labute approximate surface area is 127 Å². The SMILES string of the molecule is C=C(C)C1(C)CC1=C=C(c1ccccc1)c1ccccc1. The lowest BCUT2D eigenvalue weighted by Gasteiger charge is -2.07. The molecule has 1 aliphatic rings. The molecule has 0 aliphatic heterocycles. The second kappa shape index (κ2) is 5.24. The zero-order valence-corrected chi connectivity index (χ0v) is 12.7. The predicted molar refractivity (Wildman–Crippen MR) is 90.0 cm³/mol. The highest BCUT2D eigenvalue weighted by Gasteiger charge is 2.45. The van der Waals surface area contributed by atoms with E-state index in [1.807, 2.05) is 12.1 Å². The molecular formula is C21H20. The van der Waals surface area contributed by atoms with Gasteiger partial charge < -0.3 is 0 Å². The summed E-state index contributed by atoms with van der Waals surface area (Å²) in [6.45, 7) is 8.49. The highest BCUT2D eigenvalue weighted by molar-refractivity contribution is 5.80. The first-order valence-electron chi connectivity index (χ1n) is 7.38. The average molecular weight is 272 g/mol. The van der Waals surface area contributed by atoms with Gasteiger partial charge in [0, 0.05) is 11.0 Å². The normalized spacial score (nSPS) is 19.8. The topological polar surface area (TPSA) is 0 Å². The first-order valence-corrected chi connectivity index (χ1v) is 7.38. The van der Waals surface area contributed by atoms with Crippen LogP contribution in [0.5, 0.6) is 0 Å². The number of hydrogen-bond acceptors (Lipinski definition) is 0. The Hall–Kier alpha value is -2.30. The van der Waals surface area contributed by atoms with Gasteiger partial charge >= 0.3 is 0 Å². The Bertz CT molecular complexity index is 687. The summed E-state index contributed by atoms with van der Waals surface area (Å²) >= 11 is 0. The summed E-state index contributed by atoms with van der Waals surface area (Å²) in [6.07, 6.45) is 1.07. The monoisotopic (exact) mass is 272 g/mol. The molecule has 21 heavy (non-hydrogen) atoms. The third kappa shape index (κ3) is 2.63. The quantitative estimate of drug-likeness (QED) is 0.502. The molecule has 1 atom stereocenters. The summed E-state index contributed by atoms with van der Waals surface area (Å²) in [5, 5.41) is 0. The number of allylic oxidation sites excluding steroid dienone is 2. The van der Waals surface area contributed by atoms with Gasteiger partial charge in [0.2, 0.25) is 0 Å². The van der Waals surface area contributed by atoms with Crippen LogP contribution >= 0.6 is 0 Å². The molecule has 1 unspecified atom stereocenters. The van der Waals surface area contributed by atoms with Crippen molar-refractivity contribution in [2.24, 2.45) is 5.41 Å². The zero-order valence-electron chi connectivity index (χ0n) is 12.7. The smallest absolute Gasteiger partial charge is 0.0309 e. The van der Waals surface area contributed by atoms with Crippen LogP contribution in [0.25, 0.3) is 5.57 Å². The van der Waals surface area contributed by atoms with E-state index in [0.717, 1.165) is 6.42 Å². The van der Waals surface area contributed by atoms with E-state index in [4.69, 9.17) is 0 Å². The summed E-state index contributed by atoms with van der Waals surface area (Å²) in [6, 6.07) is 21.0. The van der Waals surface area contributed by atoms with E-state index in [0.29, 0.717) is 0 Å². The molecular weight excluding hydrogens is 252 g/mol. The fourth-order valence-electron chi connectivity index (χ4n) is 2.57. The average Bonchev–Trinajstić information content (AvgIpc) is 3.19. The lowest BCUT2D eigenvalue weighted by atomic mass is 9.97. The van der Waals surface area contributed by atoms with Crippen molar-refractivity contribution in [2.75, 3.05) is 0 Å². The molecule has 2 aromatic rings. The predicted octanol–water partition coefficient (Wildman–Crippen LogP) is 5.63. The highest BCUT2D eigenvalue weighted by Crippen LogP contribution is 2.56. The van der Waals surface area contributed by atoms with Crippen molar-refractivity contribution in [1.29, 1.82) is 0 Å². The van der Waals surface area contributed by atoms with Gasteiger partial charge in [-0.1, -0.05) is 79.7 Å². The number of rotatable bonds is 3. The van der Waals surface area contributed by atoms with Gasteiger partial charge in [-0.15, -0.1) is 5.73 Å². The minimum Gasteiger partial charge on any atom is -0.112 e. The molecule has 0 aromatic heterocycles. The first kappa shape index (κ1) is 13.7. The summed E-state index contributed by atoms with van der Waals surface area (Å²) in [7, 11) is 0. The number of hydrogen-bond donors (Lipinski definition) is 0. The number of benzene rings is 2. The van der Waals surface area contributed by atoms with Crippen molar-refractivity contribution in [3.05, 3.63) is 95.2 Å². The van der Waals surface area contributed by atoms with Crippen LogP contribution in [0.15, 0.2) is 84.1 Å². The van der Waals surface area contributed by atoms with Crippen LogP contribution < -0.4 is 0 Å². The molecule has 0 amide bonds. The van der Waals surface area contributed by atoms with Gasteiger partial charge in [0.1, 0.15) is 0 Å². The van der Waals surface area contributed by atoms with E-state index >= 15 is 0 Å². The molecule has 0 spiro atoms. The molecule has 0 nitrogen and oxygen atoms in total. The lowest BCUT2D eigenvalue weighted by Crippen LogP contribution is -1.93. The molecule has 0 saturated heterocycles. The Morgan fingerprint density at radius 2 is 1.43 bits per heavy atom. The van der Waals surface area contributed by atoms with E-state index in [9.17, 15) is 0 Å². The van der Waals surface area contributed by atoms with Crippen molar-refractivity contribution in [2.45, 2.75) is 20.3 Å². The van der Waals surface area contributed by atoms with E-state index in [1.54, 1.807) is 0 Å². The highest BCUT2D eigenvalue weighted by atomic mass is 14.5. The van der Waals surface area contributed by atoms with Crippen molar-refractivity contribution in [1.82, 2.24) is 0 Å². The molecule has 104 valence electrons. The molecule has 3 rings (SSSR count). The van der Waals surface area contributed by atoms with E-state index < -0.39 is 0 Å². The van der Waals surface area contributed by atoms with Gasteiger partial charge in [-0.05, 0) is 30.0 Å². The second-order valence-electron chi connectivity index (χ2n) is 6.00. The Balaban J connectivity index is 2.16. The largest absolute Gasteiger partial charge is 0.112 e. The minimum absolute atomic E-state index is 0.148.